The Kier molecular flexibility index (Phi) is 4.36. The molecular weight excluding hydrogens is 290 g/mol. The second kappa shape index (κ2) is 5.68. The molecule has 0 aliphatic heterocycles. The minimum absolute atomic E-state index is 0.223. The van der Waals surface area contributed by atoms with Gasteiger partial charge in [-0.3, -0.25) is 4.79 Å². The molecule has 0 amide bonds. The maximum atomic E-state index is 13.4. The summed E-state index contributed by atoms with van der Waals surface area (Å²) in [4.78, 5) is 11.4. The molecule has 0 aromatic heterocycles. The van der Waals surface area contributed by atoms with Gasteiger partial charge >= 0.3 is 0 Å². The van der Waals surface area contributed by atoms with E-state index in [-0.39, 0.29) is 18.0 Å². The molecule has 1 saturated carbocycles. The lowest BCUT2D eigenvalue weighted by atomic mass is 9.77. The summed E-state index contributed by atoms with van der Waals surface area (Å²) in [5.74, 6) is -0.473. The molecule has 5 heteroatoms. The molecule has 1 aromatic rings. The van der Waals surface area contributed by atoms with Gasteiger partial charge in [0.2, 0.25) is 0 Å². The van der Waals surface area contributed by atoms with E-state index in [0.717, 1.165) is 12.8 Å². The first-order valence-electron chi connectivity index (χ1n) is 6.30. The van der Waals surface area contributed by atoms with E-state index in [0.29, 0.717) is 17.9 Å². The minimum Gasteiger partial charge on any atom is -0.493 e. The number of unbranched alkanes of at least 4 members (excludes halogenated alkanes) is 1. The summed E-state index contributed by atoms with van der Waals surface area (Å²) in [7, 11) is 0. The summed E-state index contributed by atoms with van der Waals surface area (Å²) >= 11 is 12.0. The first kappa shape index (κ1) is 14.6. The highest BCUT2D eigenvalue weighted by atomic mass is 35.5. The fraction of sp³-hybridized carbons (Fsp3) is 0.500. The average Bonchev–Trinajstić information content (AvgIpc) is 2.38. The summed E-state index contributed by atoms with van der Waals surface area (Å²) < 4.78 is 17.5. The molecule has 1 aromatic carbocycles. The van der Waals surface area contributed by atoms with Gasteiger partial charge in [0.25, 0.3) is 0 Å². The molecule has 1 unspecified atom stereocenters. The summed E-state index contributed by atoms with van der Waals surface area (Å²) in [5, 5.41) is 0. The Balaban J connectivity index is 2.23. The van der Waals surface area contributed by atoms with Crippen LogP contribution in [0.2, 0.25) is 0 Å². The molecular formula is C14H15Cl2FO2. The number of rotatable bonds is 5. The molecule has 2 rings (SSSR count). The standard InChI is InChI=1S/C14H15Cl2FO2/c1-2-3-6-19-12-5-4-9(17)7-10(12)11-8-13(18)14(11,15)16/h4-5,7,11H,2-3,6,8H2,1H3. The van der Waals surface area contributed by atoms with E-state index < -0.39 is 10.3 Å². The number of ketones is 1. The van der Waals surface area contributed by atoms with E-state index in [4.69, 9.17) is 27.9 Å². The van der Waals surface area contributed by atoms with Gasteiger partial charge in [0.1, 0.15) is 11.6 Å². The Morgan fingerprint density at radius 3 is 2.79 bits per heavy atom. The predicted octanol–water partition coefficient (Wildman–Crippen LogP) is 4.23. The van der Waals surface area contributed by atoms with Gasteiger partial charge in [-0.1, -0.05) is 36.5 Å². The normalized spacial score (nSPS) is 21.1. The van der Waals surface area contributed by atoms with Crippen LogP contribution in [-0.2, 0) is 4.79 Å². The van der Waals surface area contributed by atoms with Gasteiger partial charge in [-0.25, -0.2) is 4.39 Å². The minimum atomic E-state index is -1.46. The molecule has 0 saturated heterocycles. The number of benzene rings is 1. The molecule has 2 nitrogen and oxygen atoms in total. The average molecular weight is 305 g/mol. The highest BCUT2D eigenvalue weighted by Gasteiger charge is 2.54. The lowest BCUT2D eigenvalue weighted by Crippen LogP contribution is -2.45. The number of carbonyl (C=O) groups excluding carboxylic acids is 1. The number of Topliss-reactive ketones (excluding diaryl/α,β-unsaturated/α-hetero) is 1. The van der Waals surface area contributed by atoms with Crippen molar-refractivity contribution in [2.75, 3.05) is 6.61 Å². The van der Waals surface area contributed by atoms with Gasteiger partial charge in [-0.15, -0.1) is 0 Å². The second-order valence-corrected chi connectivity index (χ2v) is 6.07. The summed E-state index contributed by atoms with van der Waals surface area (Å²) in [6.45, 7) is 2.61. The van der Waals surface area contributed by atoms with Crippen molar-refractivity contribution in [2.45, 2.75) is 36.4 Å². The first-order chi connectivity index (χ1) is 8.96. The Bertz CT molecular complexity index is 488. The molecule has 1 aliphatic rings. The largest absolute Gasteiger partial charge is 0.493 e. The third-order valence-corrected chi connectivity index (χ3v) is 4.25. The Labute approximate surface area is 121 Å². The zero-order valence-electron chi connectivity index (χ0n) is 10.6. The molecule has 0 heterocycles. The number of halogens is 3. The molecule has 0 bridgehead atoms. The molecule has 0 spiro atoms. The third-order valence-electron chi connectivity index (χ3n) is 3.30. The zero-order valence-corrected chi connectivity index (χ0v) is 12.1. The number of hydrogen-bond acceptors (Lipinski definition) is 2. The molecule has 1 aliphatic carbocycles. The van der Waals surface area contributed by atoms with Crippen LogP contribution < -0.4 is 4.74 Å². The van der Waals surface area contributed by atoms with Crippen LogP contribution in [0.3, 0.4) is 0 Å². The molecule has 1 fully saturated rings. The van der Waals surface area contributed by atoms with Crippen LogP contribution in [0, 0.1) is 5.82 Å². The highest BCUT2D eigenvalue weighted by molar-refractivity contribution is 6.61. The SMILES string of the molecule is CCCCOc1ccc(F)cc1C1CC(=O)C1(Cl)Cl. The fourth-order valence-electron chi connectivity index (χ4n) is 2.07. The van der Waals surface area contributed by atoms with Crippen LogP contribution in [0.1, 0.15) is 37.7 Å². The van der Waals surface area contributed by atoms with Gasteiger partial charge in [-0.05, 0) is 24.6 Å². The molecule has 104 valence electrons. The van der Waals surface area contributed by atoms with Crippen LogP contribution in [0.5, 0.6) is 5.75 Å². The maximum Gasteiger partial charge on any atom is 0.183 e. The van der Waals surface area contributed by atoms with Crippen molar-refractivity contribution in [2.24, 2.45) is 0 Å². The quantitative estimate of drug-likeness (QED) is 0.601. The van der Waals surface area contributed by atoms with Crippen LogP contribution >= 0.6 is 23.2 Å². The van der Waals surface area contributed by atoms with E-state index in [2.05, 4.69) is 6.92 Å². The van der Waals surface area contributed by atoms with Crippen molar-refractivity contribution in [1.82, 2.24) is 0 Å². The summed E-state index contributed by atoms with van der Waals surface area (Å²) in [5.41, 5.74) is 0.570. The van der Waals surface area contributed by atoms with E-state index in [1.54, 1.807) is 6.07 Å². The Morgan fingerprint density at radius 1 is 1.47 bits per heavy atom. The van der Waals surface area contributed by atoms with Gasteiger partial charge in [-0.2, -0.15) is 0 Å². The second-order valence-electron chi connectivity index (χ2n) is 4.69. The van der Waals surface area contributed by atoms with Gasteiger partial charge < -0.3 is 4.74 Å². The fourth-order valence-corrected chi connectivity index (χ4v) is 2.61. The molecule has 0 radical (unpaired) electrons. The van der Waals surface area contributed by atoms with Crippen molar-refractivity contribution in [3.05, 3.63) is 29.6 Å². The van der Waals surface area contributed by atoms with Crippen molar-refractivity contribution in [1.29, 1.82) is 0 Å². The molecule has 0 N–H and O–H groups in total. The zero-order chi connectivity index (χ0) is 14.0. The topological polar surface area (TPSA) is 26.3 Å². The van der Waals surface area contributed by atoms with E-state index in [9.17, 15) is 9.18 Å². The van der Waals surface area contributed by atoms with Gasteiger partial charge in [0.15, 0.2) is 10.1 Å². The number of ether oxygens (including phenoxy) is 1. The highest BCUT2D eigenvalue weighted by Crippen LogP contribution is 2.52. The predicted molar refractivity (Wildman–Crippen MR) is 73.6 cm³/mol. The van der Waals surface area contributed by atoms with Crippen molar-refractivity contribution in [3.8, 4) is 5.75 Å². The van der Waals surface area contributed by atoms with Crippen LogP contribution in [0.25, 0.3) is 0 Å². The molecule has 19 heavy (non-hydrogen) atoms. The van der Waals surface area contributed by atoms with Gasteiger partial charge in [0, 0.05) is 17.9 Å². The maximum absolute atomic E-state index is 13.4. The summed E-state index contributed by atoms with van der Waals surface area (Å²) in [6.07, 6.45) is 2.14. The molecule has 1 atom stereocenters. The lowest BCUT2D eigenvalue weighted by molar-refractivity contribution is -0.125. The first-order valence-corrected chi connectivity index (χ1v) is 7.05. The monoisotopic (exact) mass is 304 g/mol. The van der Waals surface area contributed by atoms with Crippen LogP contribution in [0.4, 0.5) is 4.39 Å². The Morgan fingerprint density at radius 2 is 2.21 bits per heavy atom. The van der Waals surface area contributed by atoms with Crippen LogP contribution in [-0.4, -0.2) is 16.7 Å². The lowest BCUT2D eigenvalue weighted by Gasteiger charge is -2.38. The van der Waals surface area contributed by atoms with Crippen LogP contribution in [0.15, 0.2) is 18.2 Å². The number of alkyl halides is 2. The van der Waals surface area contributed by atoms with Crippen molar-refractivity contribution < 1.29 is 13.9 Å². The van der Waals surface area contributed by atoms with E-state index in [1.165, 1.54) is 12.1 Å². The third kappa shape index (κ3) is 2.87. The number of carbonyl (C=O) groups is 1. The number of hydrogen-bond donors (Lipinski definition) is 0. The van der Waals surface area contributed by atoms with E-state index in [1.807, 2.05) is 0 Å². The summed E-state index contributed by atoms with van der Waals surface area (Å²) in [6, 6.07) is 4.24. The van der Waals surface area contributed by atoms with Crippen molar-refractivity contribution >= 4 is 29.0 Å². The van der Waals surface area contributed by atoms with Crippen molar-refractivity contribution in [3.63, 3.8) is 0 Å². The Hall–Kier alpha value is -0.800. The smallest absolute Gasteiger partial charge is 0.183 e. The van der Waals surface area contributed by atoms with Gasteiger partial charge in [0.05, 0.1) is 6.61 Å². The van der Waals surface area contributed by atoms with E-state index >= 15 is 0 Å².